The minimum atomic E-state index is -2.98. The van der Waals surface area contributed by atoms with Crippen molar-refractivity contribution in [2.24, 2.45) is 0 Å². The van der Waals surface area contributed by atoms with E-state index < -0.39 is 27.4 Å². The van der Waals surface area contributed by atoms with Gasteiger partial charge in [-0.05, 0) is 6.92 Å². The van der Waals surface area contributed by atoms with E-state index in [1.54, 1.807) is 0 Å². The molecule has 20 heavy (non-hydrogen) atoms. The van der Waals surface area contributed by atoms with Gasteiger partial charge in [-0.2, -0.15) is 0 Å². The summed E-state index contributed by atoms with van der Waals surface area (Å²) in [6.07, 6.45) is 1.04. The Bertz CT molecular complexity index is 292. The van der Waals surface area contributed by atoms with Gasteiger partial charge in [0.15, 0.2) is 0 Å². The van der Waals surface area contributed by atoms with Crippen molar-refractivity contribution in [2.45, 2.75) is 38.9 Å². The van der Waals surface area contributed by atoms with Gasteiger partial charge < -0.3 is 27.9 Å². The van der Waals surface area contributed by atoms with Crippen LogP contribution in [0.25, 0.3) is 0 Å². The zero-order valence-electron chi connectivity index (χ0n) is 12.5. The molecule has 0 amide bonds. The van der Waals surface area contributed by atoms with Crippen LogP contribution in [0, 0.1) is 0 Å². The average Bonchev–Trinajstić information content (AvgIpc) is 2.43. The number of aliphatic hydroxyl groups excluding tert-OH is 1. The van der Waals surface area contributed by atoms with Crippen LogP contribution in [0.3, 0.4) is 0 Å². The van der Waals surface area contributed by atoms with E-state index in [2.05, 4.69) is 6.58 Å². The number of aliphatic hydroxyl groups is 1. The molecule has 0 spiro atoms. The van der Waals surface area contributed by atoms with Crippen LogP contribution in [0.1, 0.15) is 20.3 Å². The normalized spacial score (nSPS) is 14.7. The van der Waals surface area contributed by atoms with E-state index in [1.165, 1.54) is 21.1 Å². The lowest BCUT2D eigenvalue weighted by molar-refractivity contribution is -0.258. The van der Waals surface area contributed by atoms with E-state index in [0.29, 0.717) is 6.04 Å². The van der Waals surface area contributed by atoms with Gasteiger partial charge in [0.1, 0.15) is 0 Å². The Morgan fingerprint density at radius 1 is 1.40 bits per heavy atom. The standard InChI is InChI=1S/C12H24O7Si/c1-6-8-20(15-4,16-5)19-12(17-9-10(3)13)18-11(14)7-2/h7,10,12-13H,2,6,8-9H2,1,3-5H3. The Hall–Kier alpha value is -0.773. The van der Waals surface area contributed by atoms with Crippen LogP contribution in [-0.4, -0.2) is 53.3 Å². The van der Waals surface area contributed by atoms with Crippen molar-refractivity contribution in [1.82, 2.24) is 0 Å². The summed E-state index contributed by atoms with van der Waals surface area (Å²) in [6, 6.07) is 0.542. The minimum Gasteiger partial charge on any atom is -0.408 e. The smallest absolute Gasteiger partial charge is 0.408 e. The third kappa shape index (κ3) is 7.13. The molecule has 0 rings (SSSR count). The molecule has 0 aromatic heterocycles. The Morgan fingerprint density at radius 2 is 2.00 bits per heavy atom. The van der Waals surface area contributed by atoms with Gasteiger partial charge >= 0.3 is 21.2 Å². The van der Waals surface area contributed by atoms with E-state index in [-0.39, 0.29) is 6.61 Å². The topological polar surface area (TPSA) is 83.5 Å². The van der Waals surface area contributed by atoms with Gasteiger partial charge in [-0.1, -0.05) is 19.9 Å². The van der Waals surface area contributed by atoms with Crippen molar-refractivity contribution in [3.8, 4) is 0 Å². The van der Waals surface area contributed by atoms with E-state index in [9.17, 15) is 9.90 Å². The summed E-state index contributed by atoms with van der Waals surface area (Å²) in [5.41, 5.74) is 0. The summed E-state index contributed by atoms with van der Waals surface area (Å²) >= 11 is 0. The maximum atomic E-state index is 11.3. The predicted octanol–water partition coefficient (Wildman–Crippen LogP) is 1.05. The van der Waals surface area contributed by atoms with Gasteiger partial charge in [0.2, 0.25) is 0 Å². The van der Waals surface area contributed by atoms with Crippen LogP contribution in [0.4, 0.5) is 0 Å². The number of carbonyl (C=O) groups is 1. The van der Waals surface area contributed by atoms with E-state index in [4.69, 9.17) is 22.8 Å². The van der Waals surface area contributed by atoms with Crippen molar-refractivity contribution in [1.29, 1.82) is 0 Å². The molecule has 0 radical (unpaired) electrons. The molecule has 0 bridgehead atoms. The van der Waals surface area contributed by atoms with Gasteiger partial charge in [-0.25, -0.2) is 4.79 Å². The molecule has 0 saturated carbocycles. The van der Waals surface area contributed by atoms with Gasteiger partial charge in [0.25, 0.3) is 0 Å². The SMILES string of the molecule is C=CC(=O)OC(OCC(C)O)O[Si](CCC)(OC)OC. The largest absolute Gasteiger partial charge is 0.504 e. The summed E-state index contributed by atoms with van der Waals surface area (Å²) in [4.78, 5) is 11.3. The molecule has 0 aliphatic heterocycles. The van der Waals surface area contributed by atoms with Crippen molar-refractivity contribution in [3.05, 3.63) is 12.7 Å². The molecule has 0 aromatic carbocycles. The number of hydrogen-bond donors (Lipinski definition) is 1. The van der Waals surface area contributed by atoms with E-state index in [0.717, 1.165) is 12.5 Å². The highest BCUT2D eigenvalue weighted by atomic mass is 28.4. The third-order valence-electron chi connectivity index (χ3n) is 2.31. The molecule has 2 atom stereocenters. The van der Waals surface area contributed by atoms with Crippen LogP contribution >= 0.6 is 0 Å². The number of carbonyl (C=O) groups excluding carboxylic acids is 1. The Balaban J connectivity index is 4.80. The first-order valence-electron chi connectivity index (χ1n) is 6.33. The molecule has 0 saturated heterocycles. The second-order valence-electron chi connectivity index (χ2n) is 4.07. The molecule has 8 heteroatoms. The van der Waals surface area contributed by atoms with Gasteiger partial charge in [0, 0.05) is 26.3 Å². The minimum absolute atomic E-state index is 0.0564. The molecule has 1 N–H and O–H groups in total. The summed E-state index contributed by atoms with van der Waals surface area (Å²) < 4.78 is 26.3. The summed E-state index contributed by atoms with van der Waals surface area (Å²) in [7, 11) is -0.0468. The van der Waals surface area contributed by atoms with Crippen LogP contribution < -0.4 is 0 Å². The first-order chi connectivity index (χ1) is 9.42. The highest BCUT2D eigenvalue weighted by molar-refractivity contribution is 6.60. The van der Waals surface area contributed by atoms with Crippen molar-refractivity contribution in [3.63, 3.8) is 0 Å². The third-order valence-corrected chi connectivity index (χ3v) is 5.21. The molecule has 2 unspecified atom stereocenters. The maximum absolute atomic E-state index is 11.3. The van der Waals surface area contributed by atoms with Crippen LogP contribution in [-0.2, 0) is 27.5 Å². The molecule has 0 aliphatic rings. The van der Waals surface area contributed by atoms with Crippen LogP contribution in [0.5, 0.6) is 0 Å². The van der Waals surface area contributed by atoms with Crippen molar-refractivity contribution < 1.29 is 32.7 Å². The fourth-order valence-corrected chi connectivity index (χ4v) is 3.26. The van der Waals surface area contributed by atoms with Crippen LogP contribution in [0.2, 0.25) is 6.04 Å². The lowest BCUT2D eigenvalue weighted by Gasteiger charge is -2.30. The monoisotopic (exact) mass is 308 g/mol. The molecular formula is C12H24O7Si. The predicted molar refractivity (Wildman–Crippen MR) is 73.7 cm³/mol. The van der Waals surface area contributed by atoms with Crippen LogP contribution in [0.15, 0.2) is 12.7 Å². The van der Waals surface area contributed by atoms with Crippen molar-refractivity contribution >= 4 is 14.8 Å². The Kier molecular flexibility index (Phi) is 9.64. The van der Waals surface area contributed by atoms with Gasteiger partial charge in [-0.15, -0.1) is 0 Å². The molecule has 0 fully saturated rings. The highest BCUT2D eigenvalue weighted by Crippen LogP contribution is 2.19. The fourth-order valence-electron chi connectivity index (χ4n) is 1.35. The Morgan fingerprint density at radius 3 is 2.40 bits per heavy atom. The second-order valence-corrected chi connectivity index (χ2v) is 6.99. The quantitative estimate of drug-likeness (QED) is 0.264. The molecular weight excluding hydrogens is 284 g/mol. The number of rotatable bonds is 11. The maximum Gasteiger partial charge on any atom is 0.504 e. The summed E-state index contributed by atoms with van der Waals surface area (Å²) in [5.74, 6) is -0.702. The van der Waals surface area contributed by atoms with Gasteiger partial charge in [0.05, 0.1) is 12.7 Å². The number of esters is 1. The zero-order chi connectivity index (χ0) is 15.6. The molecule has 118 valence electrons. The summed E-state index contributed by atoms with van der Waals surface area (Å²) in [6.45, 7) is 5.41. The lowest BCUT2D eigenvalue weighted by atomic mass is 10.4. The average molecular weight is 308 g/mol. The van der Waals surface area contributed by atoms with Crippen molar-refractivity contribution in [2.75, 3.05) is 20.8 Å². The zero-order valence-corrected chi connectivity index (χ0v) is 13.5. The molecule has 0 heterocycles. The first kappa shape index (κ1) is 19.2. The number of hydrogen-bond acceptors (Lipinski definition) is 7. The Labute approximate surface area is 120 Å². The fraction of sp³-hybridized carbons (Fsp3) is 0.750. The molecule has 0 aromatic rings. The lowest BCUT2D eigenvalue weighted by Crippen LogP contribution is -2.48. The van der Waals surface area contributed by atoms with E-state index in [1.807, 2.05) is 6.92 Å². The number of ether oxygens (including phenoxy) is 2. The molecule has 7 nitrogen and oxygen atoms in total. The van der Waals surface area contributed by atoms with Gasteiger partial charge in [-0.3, -0.25) is 0 Å². The highest BCUT2D eigenvalue weighted by Gasteiger charge is 2.42. The van der Waals surface area contributed by atoms with E-state index >= 15 is 0 Å². The molecule has 0 aliphatic carbocycles. The first-order valence-corrected chi connectivity index (χ1v) is 8.27. The second kappa shape index (κ2) is 10.0. The summed E-state index contributed by atoms with van der Waals surface area (Å²) in [5, 5.41) is 9.22.